The van der Waals surface area contributed by atoms with Crippen LogP contribution < -0.4 is 4.74 Å². The summed E-state index contributed by atoms with van der Waals surface area (Å²) in [5.41, 5.74) is 4.09. The van der Waals surface area contributed by atoms with Gasteiger partial charge in [-0.1, -0.05) is 67.1 Å². The van der Waals surface area contributed by atoms with Gasteiger partial charge in [0, 0.05) is 10.9 Å². The summed E-state index contributed by atoms with van der Waals surface area (Å²) in [6.07, 6.45) is 1.36. The number of rotatable bonds is 8. The second-order valence-corrected chi connectivity index (χ2v) is 7.49. The molecule has 0 amide bonds. The number of carbonyl (C=O) groups is 1. The van der Waals surface area contributed by atoms with E-state index in [0.717, 1.165) is 16.9 Å². The van der Waals surface area contributed by atoms with Crippen LogP contribution in [0, 0.1) is 0 Å². The summed E-state index contributed by atoms with van der Waals surface area (Å²) >= 11 is 6.21. The van der Waals surface area contributed by atoms with Crippen LogP contribution in [-0.2, 0) is 20.9 Å². The van der Waals surface area contributed by atoms with E-state index in [4.69, 9.17) is 25.8 Å². The molecule has 3 aromatic carbocycles. The van der Waals surface area contributed by atoms with Crippen LogP contribution in [0.2, 0.25) is 5.02 Å². The third kappa shape index (κ3) is 5.68. The monoisotopic (exact) mass is 436 g/mol. The number of methoxy groups -OCH3 is 2. The molecule has 0 heterocycles. The van der Waals surface area contributed by atoms with Crippen molar-refractivity contribution in [1.29, 1.82) is 0 Å². The Morgan fingerprint density at radius 1 is 0.968 bits per heavy atom. The van der Waals surface area contributed by atoms with Gasteiger partial charge in [-0.3, -0.25) is 0 Å². The minimum Gasteiger partial charge on any atom is -0.503 e. The normalized spacial score (nSPS) is 12.2. The molecule has 0 saturated carbocycles. The van der Waals surface area contributed by atoms with E-state index in [9.17, 15) is 4.79 Å². The summed E-state index contributed by atoms with van der Waals surface area (Å²) in [6.45, 7) is 2.40. The minimum absolute atomic E-state index is 0.233. The van der Waals surface area contributed by atoms with Crippen molar-refractivity contribution in [3.8, 4) is 5.75 Å². The Kier molecular flexibility index (Phi) is 7.74. The van der Waals surface area contributed by atoms with Crippen LogP contribution in [-0.4, -0.2) is 20.2 Å². The molecule has 3 rings (SSSR count). The maximum atomic E-state index is 12.2. The zero-order valence-electron chi connectivity index (χ0n) is 17.8. The van der Waals surface area contributed by atoms with Gasteiger partial charge in [0.1, 0.15) is 17.9 Å². The second kappa shape index (κ2) is 10.7. The van der Waals surface area contributed by atoms with Gasteiger partial charge in [0.05, 0.1) is 20.5 Å². The summed E-state index contributed by atoms with van der Waals surface area (Å²) in [6, 6.07) is 23.6. The fraction of sp³-hybridized carbons (Fsp3) is 0.192. The van der Waals surface area contributed by atoms with E-state index < -0.39 is 5.97 Å². The Bertz CT molecular complexity index is 1060. The molecular weight excluding hydrogens is 412 g/mol. The average molecular weight is 437 g/mol. The SMILES string of the molecule is CO/C=C(/C(=O)OC)c1ccc(Cl)cc1COc1cccc(C(C)c2ccccc2)c1. The molecule has 1 unspecified atom stereocenters. The second-order valence-electron chi connectivity index (χ2n) is 7.05. The van der Waals surface area contributed by atoms with Crippen LogP contribution in [0.5, 0.6) is 5.75 Å². The first kappa shape index (κ1) is 22.4. The molecule has 0 N–H and O–H groups in total. The van der Waals surface area contributed by atoms with E-state index in [1.54, 1.807) is 18.2 Å². The predicted octanol–water partition coefficient (Wildman–Crippen LogP) is 6.23. The molecular formula is C26H25ClO4. The first-order valence-corrected chi connectivity index (χ1v) is 10.3. The summed E-state index contributed by atoms with van der Waals surface area (Å²) in [4.78, 5) is 12.2. The average Bonchev–Trinajstić information content (AvgIpc) is 2.81. The zero-order valence-corrected chi connectivity index (χ0v) is 18.6. The summed E-state index contributed by atoms with van der Waals surface area (Å²) in [5, 5.41) is 0.551. The molecule has 0 radical (unpaired) electrons. The number of halogens is 1. The highest BCUT2D eigenvalue weighted by Gasteiger charge is 2.18. The number of esters is 1. The number of hydrogen-bond acceptors (Lipinski definition) is 4. The van der Waals surface area contributed by atoms with Crippen LogP contribution in [0.4, 0.5) is 0 Å². The Morgan fingerprint density at radius 3 is 2.42 bits per heavy atom. The van der Waals surface area contributed by atoms with E-state index in [-0.39, 0.29) is 12.5 Å². The van der Waals surface area contributed by atoms with Gasteiger partial charge in [-0.15, -0.1) is 0 Å². The van der Waals surface area contributed by atoms with Crippen molar-refractivity contribution in [2.24, 2.45) is 0 Å². The molecule has 31 heavy (non-hydrogen) atoms. The number of hydrogen-bond donors (Lipinski definition) is 0. The third-order valence-corrected chi connectivity index (χ3v) is 5.29. The Balaban J connectivity index is 1.84. The smallest absolute Gasteiger partial charge is 0.341 e. The highest BCUT2D eigenvalue weighted by Crippen LogP contribution is 2.29. The number of carbonyl (C=O) groups excluding carboxylic acids is 1. The Labute approximate surface area is 188 Å². The minimum atomic E-state index is -0.496. The largest absolute Gasteiger partial charge is 0.503 e. The van der Waals surface area contributed by atoms with Gasteiger partial charge in [-0.25, -0.2) is 4.79 Å². The lowest BCUT2D eigenvalue weighted by molar-refractivity contribution is -0.133. The van der Waals surface area contributed by atoms with Crippen molar-refractivity contribution in [2.45, 2.75) is 19.4 Å². The van der Waals surface area contributed by atoms with Crippen LogP contribution in [0.25, 0.3) is 5.57 Å². The van der Waals surface area contributed by atoms with Crippen molar-refractivity contribution in [1.82, 2.24) is 0 Å². The topological polar surface area (TPSA) is 44.8 Å². The third-order valence-electron chi connectivity index (χ3n) is 5.05. The van der Waals surface area contributed by atoms with Crippen LogP contribution in [0.15, 0.2) is 79.1 Å². The molecule has 5 heteroatoms. The van der Waals surface area contributed by atoms with Crippen molar-refractivity contribution in [3.63, 3.8) is 0 Å². The molecule has 3 aromatic rings. The highest BCUT2D eigenvalue weighted by molar-refractivity contribution is 6.30. The van der Waals surface area contributed by atoms with Crippen LogP contribution >= 0.6 is 11.6 Å². The molecule has 0 aliphatic carbocycles. The summed E-state index contributed by atoms with van der Waals surface area (Å²) in [5.74, 6) is 0.479. The molecule has 0 aromatic heterocycles. The van der Waals surface area contributed by atoms with Gasteiger partial charge >= 0.3 is 5.97 Å². The Hall–Kier alpha value is -3.24. The van der Waals surface area contributed by atoms with Gasteiger partial charge in [-0.05, 0) is 46.5 Å². The van der Waals surface area contributed by atoms with Gasteiger partial charge < -0.3 is 14.2 Å². The lowest BCUT2D eigenvalue weighted by Crippen LogP contribution is -2.08. The molecule has 0 bridgehead atoms. The predicted molar refractivity (Wildman–Crippen MR) is 123 cm³/mol. The first-order valence-electron chi connectivity index (χ1n) is 9.91. The molecule has 0 spiro atoms. The zero-order chi connectivity index (χ0) is 22.2. The number of benzene rings is 3. The molecule has 0 aliphatic rings. The lowest BCUT2D eigenvalue weighted by Gasteiger charge is -2.16. The van der Waals surface area contributed by atoms with Gasteiger partial charge in [0.15, 0.2) is 0 Å². The van der Waals surface area contributed by atoms with Crippen molar-refractivity contribution < 1.29 is 19.0 Å². The van der Waals surface area contributed by atoms with E-state index >= 15 is 0 Å². The molecule has 4 nitrogen and oxygen atoms in total. The Morgan fingerprint density at radius 2 is 1.71 bits per heavy atom. The molecule has 0 saturated heterocycles. The van der Waals surface area contributed by atoms with Crippen molar-refractivity contribution >= 4 is 23.1 Å². The first-order chi connectivity index (χ1) is 15.0. The van der Waals surface area contributed by atoms with E-state index in [1.807, 2.05) is 36.4 Å². The fourth-order valence-electron chi connectivity index (χ4n) is 3.36. The van der Waals surface area contributed by atoms with Crippen LogP contribution in [0.1, 0.15) is 35.1 Å². The van der Waals surface area contributed by atoms with Gasteiger partial charge in [-0.2, -0.15) is 0 Å². The summed E-state index contributed by atoms with van der Waals surface area (Å²) < 4.78 is 16.0. The number of ether oxygens (including phenoxy) is 3. The van der Waals surface area contributed by atoms with Gasteiger partial charge in [0.2, 0.25) is 0 Å². The fourth-order valence-corrected chi connectivity index (χ4v) is 3.56. The molecule has 1 atom stereocenters. The van der Waals surface area contributed by atoms with Gasteiger partial charge in [0.25, 0.3) is 0 Å². The van der Waals surface area contributed by atoms with Crippen molar-refractivity contribution in [2.75, 3.05) is 14.2 Å². The van der Waals surface area contributed by atoms with E-state index in [2.05, 4.69) is 25.1 Å². The van der Waals surface area contributed by atoms with Crippen LogP contribution in [0.3, 0.4) is 0 Å². The standard InChI is InChI=1S/C26H25ClO4/c1-18(19-8-5-4-6-9-19)20-10-7-11-23(15-20)31-16-21-14-22(27)12-13-24(21)25(17-29-2)26(28)30-3/h4-15,17-18H,16H2,1-3H3/b25-17+. The highest BCUT2D eigenvalue weighted by atomic mass is 35.5. The molecule has 0 fully saturated rings. The maximum absolute atomic E-state index is 12.2. The summed E-state index contributed by atoms with van der Waals surface area (Å²) in [7, 11) is 2.81. The van der Waals surface area contributed by atoms with Crippen molar-refractivity contribution in [3.05, 3.63) is 106 Å². The quantitative estimate of drug-likeness (QED) is 0.238. The van der Waals surface area contributed by atoms with E-state index in [0.29, 0.717) is 16.2 Å². The maximum Gasteiger partial charge on any atom is 0.341 e. The van der Waals surface area contributed by atoms with E-state index in [1.165, 1.54) is 26.0 Å². The molecule has 160 valence electrons. The lowest BCUT2D eigenvalue weighted by atomic mass is 9.93. The molecule has 0 aliphatic heterocycles.